The van der Waals surface area contributed by atoms with Gasteiger partial charge in [0, 0.05) is 6.04 Å². The molecule has 90 valence electrons. The Morgan fingerprint density at radius 3 is 3.12 bits per heavy atom. The molecule has 1 saturated carbocycles. The predicted molar refractivity (Wildman–Crippen MR) is 65.6 cm³/mol. The van der Waals surface area contributed by atoms with Crippen molar-refractivity contribution in [2.75, 3.05) is 12.8 Å². The summed E-state index contributed by atoms with van der Waals surface area (Å²) in [5.74, 6) is 2.91. The topological polar surface area (TPSA) is 51.0 Å². The fourth-order valence-corrected chi connectivity index (χ4v) is 2.74. The monoisotopic (exact) mass is 241 g/mol. The second-order valence-electron chi connectivity index (χ2n) is 4.18. The summed E-state index contributed by atoms with van der Waals surface area (Å²) in [4.78, 5) is 4.48. The van der Waals surface area contributed by atoms with Gasteiger partial charge in [0.05, 0.1) is 11.7 Å². The molecular formula is C11H19N3OS. The van der Waals surface area contributed by atoms with E-state index in [0.29, 0.717) is 12.0 Å². The Hall–Kier alpha value is -0.550. The third kappa shape index (κ3) is 2.58. The normalized spacial score (nSPS) is 25.1. The standard InChI is InChI=1S/C11H19N3OS/c1-3-12-9-6-4-5-8(9)11-13-10(7-16-2)14-15-11/h8-9,12H,3-7H2,1-2H3. The quantitative estimate of drug-likeness (QED) is 0.856. The van der Waals surface area contributed by atoms with E-state index in [2.05, 4.69) is 22.4 Å². The highest BCUT2D eigenvalue weighted by molar-refractivity contribution is 7.97. The average Bonchev–Trinajstić information content (AvgIpc) is 2.87. The van der Waals surface area contributed by atoms with Crippen LogP contribution in [-0.2, 0) is 5.75 Å². The van der Waals surface area contributed by atoms with Crippen molar-refractivity contribution < 1.29 is 4.52 Å². The summed E-state index contributed by atoms with van der Waals surface area (Å²) in [6.07, 6.45) is 5.69. The Labute approximate surface area is 101 Å². The van der Waals surface area contributed by atoms with Gasteiger partial charge in [-0.15, -0.1) is 0 Å². The Bertz CT molecular complexity index is 329. The maximum absolute atomic E-state index is 5.36. The molecule has 1 aromatic rings. The van der Waals surface area contributed by atoms with Gasteiger partial charge in [-0.3, -0.25) is 0 Å². The predicted octanol–water partition coefficient (Wildman–Crippen LogP) is 2.18. The van der Waals surface area contributed by atoms with Gasteiger partial charge < -0.3 is 9.84 Å². The van der Waals surface area contributed by atoms with E-state index in [0.717, 1.165) is 24.0 Å². The van der Waals surface area contributed by atoms with Crippen LogP contribution in [0.5, 0.6) is 0 Å². The van der Waals surface area contributed by atoms with Crippen LogP contribution in [0.25, 0.3) is 0 Å². The van der Waals surface area contributed by atoms with Crippen LogP contribution < -0.4 is 5.32 Å². The fourth-order valence-electron chi connectivity index (χ4n) is 2.37. The highest BCUT2D eigenvalue weighted by atomic mass is 32.2. The van der Waals surface area contributed by atoms with Crippen molar-refractivity contribution in [2.45, 2.75) is 43.9 Å². The van der Waals surface area contributed by atoms with Crippen LogP contribution in [0.2, 0.25) is 0 Å². The maximum Gasteiger partial charge on any atom is 0.231 e. The summed E-state index contributed by atoms with van der Waals surface area (Å²) in [5, 5.41) is 7.51. The minimum Gasteiger partial charge on any atom is -0.339 e. The number of likely N-dealkylation sites (N-methyl/N-ethyl adjacent to an activating group) is 1. The van der Waals surface area contributed by atoms with Gasteiger partial charge in [-0.25, -0.2) is 0 Å². The van der Waals surface area contributed by atoms with Gasteiger partial charge in [0.2, 0.25) is 5.89 Å². The molecule has 1 heterocycles. The van der Waals surface area contributed by atoms with E-state index in [9.17, 15) is 0 Å². The van der Waals surface area contributed by atoms with Crippen LogP contribution in [0, 0.1) is 0 Å². The van der Waals surface area contributed by atoms with Crippen LogP contribution in [-0.4, -0.2) is 29.0 Å². The molecule has 1 aliphatic rings. The molecule has 0 bridgehead atoms. The molecule has 1 N–H and O–H groups in total. The third-order valence-corrected chi connectivity index (χ3v) is 3.60. The first kappa shape index (κ1) is 11.9. The number of nitrogens with one attached hydrogen (secondary N) is 1. The van der Waals surface area contributed by atoms with Gasteiger partial charge in [-0.05, 0) is 25.6 Å². The highest BCUT2D eigenvalue weighted by Gasteiger charge is 2.32. The Morgan fingerprint density at radius 1 is 1.50 bits per heavy atom. The van der Waals surface area contributed by atoms with E-state index in [1.807, 2.05) is 6.26 Å². The minimum atomic E-state index is 0.419. The molecule has 1 aromatic heterocycles. The molecule has 2 atom stereocenters. The van der Waals surface area contributed by atoms with E-state index in [1.54, 1.807) is 11.8 Å². The lowest BCUT2D eigenvalue weighted by atomic mass is 10.0. The second kappa shape index (κ2) is 5.68. The average molecular weight is 241 g/mol. The van der Waals surface area contributed by atoms with E-state index in [4.69, 9.17) is 4.52 Å². The van der Waals surface area contributed by atoms with Gasteiger partial charge in [0.15, 0.2) is 5.82 Å². The molecule has 0 saturated heterocycles. The minimum absolute atomic E-state index is 0.419. The van der Waals surface area contributed by atoms with Crippen LogP contribution in [0.4, 0.5) is 0 Å². The number of hydrogen-bond donors (Lipinski definition) is 1. The molecule has 0 aromatic carbocycles. The molecule has 1 aliphatic carbocycles. The zero-order chi connectivity index (χ0) is 11.4. The summed E-state index contributed by atoms with van der Waals surface area (Å²) in [6, 6.07) is 0.521. The van der Waals surface area contributed by atoms with Crippen LogP contribution >= 0.6 is 11.8 Å². The van der Waals surface area contributed by atoms with Crippen molar-refractivity contribution in [1.29, 1.82) is 0 Å². The van der Waals surface area contributed by atoms with Crippen molar-refractivity contribution in [3.8, 4) is 0 Å². The first-order valence-corrected chi connectivity index (χ1v) is 7.29. The number of nitrogens with zero attached hydrogens (tertiary/aromatic N) is 2. The maximum atomic E-state index is 5.36. The first-order chi connectivity index (χ1) is 7.85. The summed E-state index contributed by atoms with van der Waals surface area (Å²) in [6.45, 7) is 3.15. The molecule has 0 amide bonds. The number of thioether (sulfide) groups is 1. The Kier molecular flexibility index (Phi) is 4.23. The molecule has 16 heavy (non-hydrogen) atoms. The van der Waals surface area contributed by atoms with Crippen LogP contribution in [0.15, 0.2) is 4.52 Å². The molecule has 1 fully saturated rings. The smallest absolute Gasteiger partial charge is 0.231 e. The first-order valence-electron chi connectivity index (χ1n) is 5.90. The van der Waals surface area contributed by atoms with E-state index < -0.39 is 0 Å². The van der Waals surface area contributed by atoms with Gasteiger partial charge in [0.25, 0.3) is 0 Å². The molecule has 0 aliphatic heterocycles. The SMILES string of the molecule is CCNC1CCCC1c1nc(CSC)no1. The highest BCUT2D eigenvalue weighted by Crippen LogP contribution is 2.33. The lowest BCUT2D eigenvalue weighted by Gasteiger charge is -2.16. The van der Waals surface area contributed by atoms with Crippen molar-refractivity contribution in [2.24, 2.45) is 0 Å². The second-order valence-corrected chi connectivity index (χ2v) is 5.05. The van der Waals surface area contributed by atoms with E-state index in [1.165, 1.54) is 19.3 Å². The zero-order valence-corrected chi connectivity index (χ0v) is 10.7. The van der Waals surface area contributed by atoms with Crippen molar-refractivity contribution in [1.82, 2.24) is 15.5 Å². The molecule has 2 unspecified atom stereocenters. The Balaban J connectivity index is 2.04. The number of aromatic nitrogens is 2. The van der Waals surface area contributed by atoms with Crippen molar-refractivity contribution >= 4 is 11.8 Å². The zero-order valence-electron chi connectivity index (χ0n) is 9.90. The van der Waals surface area contributed by atoms with E-state index in [-0.39, 0.29) is 0 Å². The summed E-state index contributed by atoms with van der Waals surface area (Å²) >= 11 is 1.72. The lowest BCUT2D eigenvalue weighted by molar-refractivity contribution is 0.329. The fraction of sp³-hybridized carbons (Fsp3) is 0.818. The summed E-state index contributed by atoms with van der Waals surface area (Å²) < 4.78 is 5.36. The third-order valence-electron chi connectivity index (χ3n) is 3.06. The molecular weight excluding hydrogens is 222 g/mol. The van der Waals surface area contributed by atoms with Crippen LogP contribution in [0.1, 0.15) is 43.8 Å². The Morgan fingerprint density at radius 2 is 2.38 bits per heavy atom. The van der Waals surface area contributed by atoms with Crippen molar-refractivity contribution in [3.05, 3.63) is 11.7 Å². The lowest BCUT2D eigenvalue weighted by Crippen LogP contribution is -2.31. The summed E-state index contributed by atoms with van der Waals surface area (Å²) in [5.41, 5.74) is 0. The van der Waals surface area contributed by atoms with Gasteiger partial charge in [-0.1, -0.05) is 18.5 Å². The largest absolute Gasteiger partial charge is 0.339 e. The number of rotatable bonds is 5. The van der Waals surface area contributed by atoms with Crippen LogP contribution in [0.3, 0.4) is 0 Å². The van der Waals surface area contributed by atoms with Gasteiger partial charge >= 0.3 is 0 Å². The molecule has 5 heteroatoms. The molecule has 4 nitrogen and oxygen atoms in total. The van der Waals surface area contributed by atoms with Gasteiger partial charge in [0.1, 0.15) is 0 Å². The van der Waals surface area contributed by atoms with Gasteiger partial charge in [-0.2, -0.15) is 16.7 Å². The number of hydrogen-bond acceptors (Lipinski definition) is 5. The molecule has 2 rings (SSSR count). The molecule has 0 radical (unpaired) electrons. The molecule has 0 spiro atoms. The summed E-state index contributed by atoms with van der Waals surface area (Å²) in [7, 11) is 0. The van der Waals surface area contributed by atoms with Crippen molar-refractivity contribution in [3.63, 3.8) is 0 Å². The van der Waals surface area contributed by atoms with E-state index >= 15 is 0 Å².